The fourth-order valence-electron chi connectivity index (χ4n) is 1.42. The number of rotatable bonds is 0. The van der Waals surface area contributed by atoms with E-state index in [1.54, 1.807) is 0 Å². The molecule has 0 saturated heterocycles. The number of halogens is 9. The molecule has 0 saturated carbocycles. The highest BCUT2D eigenvalue weighted by Gasteiger charge is 2.50. The summed E-state index contributed by atoms with van der Waals surface area (Å²) in [5.41, 5.74) is -3.99. The fraction of sp³-hybridized carbons (Fsp3) is 0.333. The first kappa shape index (κ1) is 15.4. The van der Waals surface area contributed by atoms with Crippen LogP contribution in [-0.4, -0.2) is 0 Å². The van der Waals surface area contributed by atoms with Crippen LogP contribution in [0.1, 0.15) is 16.7 Å². The first-order valence-electron chi connectivity index (χ1n) is 4.39. The number of hydrogen-bond donors (Lipinski definition) is 1. The van der Waals surface area contributed by atoms with Crippen LogP contribution in [0.25, 0.3) is 0 Å². The molecule has 0 radical (unpaired) electrons. The first-order chi connectivity index (χ1) is 8.24. The first-order valence-corrected chi connectivity index (χ1v) is 4.39. The highest BCUT2D eigenvalue weighted by molar-refractivity contribution is 5.53. The van der Waals surface area contributed by atoms with Gasteiger partial charge in [0.25, 0.3) is 0 Å². The van der Waals surface area contributed by atoms with E-state index in [-0.39, 0.29) is 12.1 Å². The van der Waals surface area contributed by atoms with Crippen molar-refractivity contribution in [1.82, 2.24) is 0 Å². The van der Waals surface area contributed by atoms with Gasteiger partial charge >= 0.3 is 18.5 Å². The smallest absolute Gasteiger partial charge is 0.399 e. The standard InChI is InChI=1S/C9H4F9N/c10-7(11,12)4-1-3(19)2-5(8(13,14)15)6(4)9(16,17)18/h1-2H,19H2. The van der Waals surface area contributed by atoms with Crippen LogP contribution in [0.4, 0.5) is 45.2 Å². The zero-order chi connectivity index (χ0) is 15.2. The fourth-order valence-corrected chi connectivity index (χ4v) is 1.42. The maximum atomic E-state index is 12.5. The van der Waals surface area contributed by atoms with Gasteiger partial charge in [-0.2, -0.15) is 39.5 Å². The number of benzene rings is 1. The predicted octanol–water partition coefficient (Wildman–Crippen LogP) is 4.33. The second-order valence-corrected chi connectivity index (χ2v) is 3.48. The van der Waals surface area contributed by atoms with Crippen molar-refractivity contribution in [1.29, 1.82) is 0 Å². The quantitative estimate of drug-likeness (QED) is 0.560. The molecule has 2 N–H and O–H groups in total. The summed E-state index contributed by atoms with van der Waals surface area (Å²) in [5.74, 6) is 0. The molecule has 0 amide bonds. The van der Waals surface area contributed by atoms with Crippen LogP contribution in [0.2, 0.25) is 0 Å². The van der Waals surface area contributed by atoms with Crippen LogP contribution in [0.3, 0.4) is 0 Å². The van der Waals surface area contributed by atoms with Gasteiger partial charge in [-0.1, -0.05) is 0 Å². The second kappa shape index (κ2) is 4.20. The van der Waals surface area contributed by atoms with Gasteiger partial charge in [-0.3, -0.25) is 0 Å². The second-order valence-electron chi connectivity index (χ2n) is 3.48. The van der Waals surface area contributed by atoms with Gasteiger partial charge in [0.2, 0.25) is 0 Å². The average molecular weight is 297 g/mol. The number of nitrogen functional groups attached to an aromatic ring is 1. The molecule has 1 rings (SSSR count). The third-order valence-electron chi connectivity index (χ3n) is 2.05. The summed E-state index contributed by atoms with van der Waals surface area (Å²) >= 11 is 0. The van der Waals surface area contributed by atoms with Gasteiger partial charge in [-0.05, 0) is 12.1 Å². The SMILES string of the molecule is Nc1cc(C(F)(F)F)c(C(F)(F)F)c(C(F)(F)F)c1. The predicted molar refractivity (Wildman–Crippen MR) is 45.9 cm³/mol. The summed E-state index contributed by atoms with van der Waals surface area (Å²) in [6.07, 6.45) is -17.0. The van der Waals surface area contributed by atoms with Crippen LogP contribution < -0.4 is 5.73 Å². The molecule has 108 valence electrons. The summed E-state index contributed by atoms with van der Waals surface area (Å²) in [7, 11) is 0. The molecule has 0 fully saturated rings. The van der Waals surface area contributed by atoms with Gasteiger partial charge in [0.05, 0.1) is 16.7 Å². The molecule has 1 aromatic carbocycles. The third-order valence-corrected chi connectivity index (χ3v) is 2.05. The Kier molecular flexibility index (Phi) is 3.42. The lowest BCUT2D eigenvalue weighted by atomic mass is 9.98. The molecule has 0 atom stereocenters. The Bertz CT molecular complexity index is 445. The maximum absolute atomic E-state index is 12.5. The number of hydrogen-bond acceptors (Lipinski definition) is 1. The Hall–Kier alpha value is -1.61. The highest BCUT2D eigenvalue weighted by Crippen LogP contribution is 2.47. The Morgan fingerprint density at radius 1 is 0.632 bits per heavy atom. The van der Waals surface area contributed by atoms with E-state index < -0.39 is 40.9 Å². The van der Waals surface area contributed by atoms with Crippen LogP contribution in [0.5, 0.6) is 0 Å². The molecule has 0 aliphatic rings. The van der Waals surface area contributed by atoms with Crippen LogP contribution in [-0.2, 0) is 18.5 Å². The molecule has 0 heterocycles. The average Bonchev–Trinajstić information content (AvgIpc) is 2.11. The molecular formula is C9H4F9N. The highest BCUT2D eigenvalue weighted by atomic mass is 19.4. The molecular weight excluding hydrogens is 293 g/mol. The molecule has 1 nitrogen and oxygen atoms in total. The minimum atomic E-state index is -5.82. The summed E-state index contributed by atoms with van der Waals surface area (Å²) in [4.78, 5) is 0. The molecule has 0 aliphatic carbocycles. The minimum Gasteiger partial charge on any atom is -0.399 e. The molecule has 0 aromatic heterocycles. The largest absolute Gasteiger partial charge is 0.417 e. The number of nitrogens with two attached hydrogens (primary N) is 1. The van der Waals surface area contributed by atoms with Crippen molar-refractivity contribution in [3.63, 3.8) is 0 Å². The maximum Gasteiger partial charge on any atom is 0.417 e. The van der Waals surface area contributed by atoms with E-state index in [2.05, 4.69) is 0 Å². The van der Waals surface area contributed by atoms with Crippen LogP contribution >= 0.6 is 0 Å². The Morgan fingerprint density at radius 2 is 0.947 bits per heavy atom. The molecule has 0 aliphatic heterocycles. The lowest BCUT2D eigenvalue weighted by molar-refractivity contribution is -0.174. The van der Waals surface area contributed by atoms with Gasteiger partial charge in [-0.25, -0.2) is 0 Å². The van der Waals surface area contributed by atoms with Gasteiger partial charge in [0.1, 0.15) is 0 Å². The number of alkyl halides is 9. The van der Waals surface area contributed by atoms with E-state index in [4.69, 9.17) is 5.73 Å². The van der Waals surface area contributed by atoms with E-state index in [0.29, 0.717) is 0 Å². The molecule has 10 heteroatoms. The van der Waals surface area contributed by atoms with E-state index in [1.165, 1.54) is 0 Å². The Labute approximate surface area is 99.4 Å². The zero-order valence-electron chi connectivity index (χ0n) is 8.63. The van der Waals surface area contributed by atoms with Crippen molar-refractivity contribution in [2.75, 3.05) is 5.73 Å². The monoisotopic (exact) mass is 297 g/mol. The molecule has 1 aromatic rings. The summed E-state index contributed by atoms with van der Waals surface area (Å²) in [6.45, 7) is 0. The lowest BCUT2D eigenvalue weighted by Gasteiger charge is -2.21. The van der Waals surface area contributed by atoms with Crippen molar-refractivity contribution in [2.45, 2.75) is 18.5 Å². The van der Waals surface area contributed by atoms with Crippen molar-refractivity contribution in [3.05, 3.63) is 28.8 Å². The van der Waals surface area contributed by atoms with E-state index in [0.717, 1.165) is 0 Å². The van der Waals surface area contributed by atoms with Crippen molar-refractivity contribution in [3.8, 4) is 0 Å². The Balaban J connectivity index is 3.80. The molecule has 19 heavy (non-hydrogen) atoms. The van der Waals surface area contributed by atoms with Crippen LogP contribution in [0, 0.1) is 0 Å². The van der Waals surface area contributed by atoms with Crippen molar-refractivity contribution in [2.24, 2.45) is 0 Å². The van der Waals surface area contributed by atoms with Crippen molar-refractivity contribution >= 4 is 5.69 Å². The normalized spacial score (nSPS) is 13.7. The van der Waals surface area contributed by atoms with Gasteiger partial charge in [-0.15, -0.1) is 0 Å². The lowest BCUT2D eigenvalue weighted by Crippen LogP contribution is -2.23. The third kappa shape index (κ3) is 3.24. The van der Waals surface area contributed by atoms with E-state index in [1.807, 2.05) is 0 Å². The van der Waals surface area contributed by atoms with Gasteiger partial charge in [0.15, 0.2) is 0 Å². The molecule has 0 unspecified atom stereocenters. The topological polar surface area (TPSA) is 26.0 Å². The van der Waals surface area contributed by atoms with E-state index in [9.17, 15) is 39.5 Å². The van der Waals surface area contributed by atoms with Crippen LogP contribution in [0.15, 0.2) is 12.1 Å². The zero-order valence-corrected chi connectivity index (χ0v) is 8.63. The van der Waals surface area contributed by atoms with Gasteiger partial charge < -0.3 is 5.73 Å². The number of anilines is 1. The van der Waals surface area contributed by atoms with E-state index >= 15 is 0 Å². The van der Waals surface area contributed by atoms with Gasteiger partial charge in [0, 0.05) is 5.69 Å². The Morgan fingerprint density at radius 3 is 1.16 bits per heavy atom. The summed E-state index contributed by atoms with van der Waals surface area (Å²) < 4.78 is 112. The minimum absolute atomic E-state index is 0.182. The molecule has 0 spiro atoms. The summed E-state index contributed by atoms with van der Waals surface area (Å²) in [5, 5.41) is 0. The molecule has 0 bridgehead atoms. The van der Waals surface area contributed by atoms with Crippen molar-refractivity contribution < 1.29 is 39.5 Å². The summed E-state index contributed by atoms with van der Waals surface area (Å²) in [6, 6.07) is -0.365.